The first-order valence-corrected chi connectivity index (χ1v) is 8.10. The quantitative estimate of drug-likeness (QED) is 0.555. The van der Waals surface area contributed by atoms with Crippen LogP contribution in [0.25, 0.3) is 0 Å². The molecule has 0 atom stereocenters. The summed E-state index contributed by atoms with van der Waals surface area (Å²) in [5.41, 5.74) is 0.113. The van der Waals surface area contributed by atoms with E-state index in [-0.39, 0.29) is 29.5 Å². The van der Waals surface area contributed by atoms with Gasteiger partial charge >= 0.3 is 0 Å². The number of hydrogen-bond acceptors (Lipinski definition) is 5. The second-order valence-electron chi connectivity index (χ2n) is 5.69. The number of likely N-dealkylation sites (N-methyl/N-ethyl adjacent to an activating group) is 1. The number of amides is 2. The van der Waals surface area contributed by atoms with Gasteiger partial charge in [0.1, 0.15) is 11.5 Å². The van der Waals surface area contributed by atoms with Gasteiger partial charge < -0.3 is 10.6 Å². The number of nitrogens with one attached hydrogen (secondary N) is 2. The molecule has 0 radical (unpaired) electrons. The van der Waals surface area contributed by atoms with Crippen LogP contribution in [0.3, 0.4) is 0 Å². The molecule has 0 aliphatic carbocycles. The molecule has 2 aromatic carbocycles. The van der Waals surface area contributed by atoms with Crippen molar-refractivity contribution in [3.8, 4) is 0 Å². The Bertz CT molecular complexity index is 861. The van der Waals surface area contributed by atoms with Crippen molar-refractivity contribution in [1.82, 2.24) is 4.90 Å². The molecule has 2 aromatic rings. The maximum atomic E-state index is 12.8. The topological polar surface area (TPSA) is 105 Å². The lowest BCUT2D eigenvalue weighted by atomic mass is 10.2. The lowest BCUT2D eigenvalue weighted by Gasteiger charge is -2.16. The summed E-state index contributed by atoms with van der Waals surface area (Å²) in [7, 11) is 1.54. The van der Waals surface area contributed by atoms with Crippen molar-refractivity contribution in [1.29, 1.82) is 0 Å². The van der Waals surface area contributed by atoms with Gasteiger partial charge in [-0.1, -0.05) is 11.6 Å². The summed E-state index contributed by atoms with van der Waals surface area (Å²) >= 11 is 5.72. The number of carbonyl (C=O) groups is 2. The minimum absolute atomic E-state index is 0.0126. The van der Waals surface area contributed by atoms with E-state index in [4.69, 9.17) is 11.6 Å². The zero-order valence-corrected chi connectivity index (χ0v) is 15.0. The van der Waals surface area contributed by atoms with E-state index in [1.54, 1.807) is 7.05 Å². The smallest absolute Gasteiger partial charge is 0.294 e. The summed E-state index contributed by atoms with van der Waals surface area (Å²) < 4.78 is 12.8. The van der Waals surface area contributed by atoms with Gasteiger partial charge in [-0.3, -0.25) is 24.6 Å². The zero-order valence-electron chi connectivity index (χ0n) is 14.2. The van der Waals surface area contributed by atoms with Gasteiger partial charge in [-0.25, -0.2) is 4.39 Å². The van der Waals surface area contributed by atoms with E-state index in [0.717, 1.165) is 6.07 Å². The number of benzene rings is 2. The highest BCUT2D eigenvalue weighted by Gasteiger charge is 2.18. The van der Waals surface area contributed by atoms with Crippen molar-refractivity contribution in [2.45, 2.75) is 0 Å². The monoisotopic (exact) mass is 394 g/mol. The first kappa shape index (κ1) is 20.3. The average Bonchev–Trinajstić information content (AvgIpc) is 2.58. The number of carbonyl (C=O) groups excluding carboxylic acids is 2. The minimum Gasteiger partial charge on any atom is -0.325 e. The summed E-state index contributed by atoms with van der Waals surface area (Å²) in [6.07, 6.45) is 0. The van der Waals surface area contributed by atoms with Gasteiger partial charge in [0.15, 0.2) is 0 Å². The Labute approximate surface area is 159 Å². The maximum Gasteiger partial charge on any atom is 0.294 e. The Balaban J connectivity index is 1.89. The predicted molar refractivity (Wildman–Crippen MR) is 99.3 cm³/mol. The number of nitro benzene ring substituents is 1. The Kier molecular flexibility index (Phi) is 6.80. The highest BCUT2D eigenvalue weighted by Crippen LogP contribution is 2.27. The van der Waals surface area contributed by atoms with Gasteiger partial charge in [-0.05, 0) is 43.4 Å². The van der Waals surface area contributed by atoms with Crippen LogP contribution in [0.1, 0.15) is 0 Å². The van der Waals surface area contributed by atoms with Gasteiger partial charge in [0.2, 0.25) is 11.8 Å². The van der Waals surface area contributed by atoms with Crippen molar-refractivity contribution in [3.05, 3.63) is 63.4 Å². The molecule has 0 aromatic heterocycles. The van der Waals surface area contributed by atoms with Crippen LogP contribution in [0, 0.1) is 15.9 Å². The Morgan fingerprint density at radius 2 is 1.70 bits per heavy atom. The summed E-state index contributed by atoms with van der Waals surface area (Å²) in [4.78, 5) is 35.8. The van der Waals surface area contributed by atoms with Crippen molar-refractivity contribution in [2.75, 3.05) is 30.8 Å². The Morgan fingerprint density at radius 1 is 1.11 bits per heavy atom. The van der Waals surface area contributed by atoms with Crippen LogP contribution < -0.4 is 10.6 Å². The SMILES string of the molecule is CN(CC(=O)Nc1ccc(F)cc1)CC(=O)Nc1ccc(Cl)cc1[N+](=O)[O-]. The molecule has 142 valence electrons. The molecule has 0 saturated heterocycles. The van der Waals surface area contributed by atoms with Gasteiger partial charge in [0.25, 0.3) is 5.69 Å². The van der Waals surface area contributed by atoms with Crippen molar-refractivity contribution in [3.63, 3.8) is 0 Å². The van der Waals surface area contributed by atoms with Crippen molar-refractivity contribution < 1.29 is 18.9 Å². The summed E-state index contributed by atoms with van der Waals surface area (Å²) in [5.74, 6) is -1.34. The molecule has 27 heavy (non-hydrogen) atoms. The number of halogens is 2. The fourth-order valence-corrected chi connectivity index (χ4v) is 2.40. The number of nitro groups is 1. The highest BCUT2D eigenvalue weighted by atomic mass is 35.5. The molecule has 0 fully saturated rings. The molecule has 10 heteroatoms. The third kappa shape index (κ3) is 6.32. The lowest BCUT2D eigenvalue weighted by Crippen LogP contribution is -2.36. The van der Waals surface area contributed by atoms with Crippen LogP contribution in [0.4, 0.5) is 21.5 Å². The van der Waals surface area contributed by atoms with Crippen molar-refractivity contribution in [2.24, 2.45) is 0 Å². The molecule has 0 heterocycles. The van der Waals surface area contributed by atoms with Crippen LogP contribution in [-0.4, -0.2) is 41.8 Å². The van der Waals surface area contributed by atoms with E-state index >= 15 is 0 Å². The third-order valence-electron chi connectivity index (χ3n) is 3.39. The van der Waals surface area contributed by atoms with E-state index < -0.39 is 22.6 Å². The molecular weight excluding hydrogens is 379 g/mol. The lowest BCUT2D eigenvalue weighted by molar-refractivity contribution is -0.383. The summed E-state index contributed by atoms with van der Waals surface area (Å²) in [5, 5.41) is 16.2. The number of anilines is 2. The first-order valence-electron chi connectivity index (χ1n) is 7.72. The second-order valence-corrected chi connectivity index (χ2v) is 6.13. The molecule has 0 unspecified atom stereocenters. The molecular formula is C17H16ClFN4O4. The van der Waals surface area contributed by atoms with Crippen molar-refractivity contribution >= 4 is 40.5 Å². The number of nitrogens with zero attached hydrogens (tertiary/aromatic N) is 2. The van der Waals surface area contributed by atoms with E-state index in [2.05, 4.69) is 10.6 Å². The minimum atomic E-state index is -0.651. The average molecular weight is 395 g/mol. The zero-order chi connectivity index (χ0) is 20.0. The molecule has 0 aliphatic heterocycles. The second kappa shape index (κ2) is 9.06. The van der Waals surface area contributed by atoms with Gasteiger partial charge in [0, 0.05) is 16.8 Å². The van der Waals surface area contributed by atoms with E-state index in [1.165, 1.54) is 41.3 Å². The van der Waals surface area contributed by atoms with Crippen LogP contribution in [0.15, 0.2) is 42.5 Å². The van der Waals surface area contributed by atoms with Gasteiger partial charge in [0.05, 0.1) is 18.0 Å². The van der Waals surface area contributed by atoms with Crippen LogP contribution >= 0.6 is 11.6 Å². The molecule has 0 saturated carbocycles. The standard InChI is InChI=1S/C17H16ClFN4O4/c1-22(9-16(24)20-13-5-3-12(19)4-6-13)10-17(25)21-14-7-2-11(18)8-15(14)23(26)27/h2-8H,9-10H2,1H3,(H,20,24)(H,21,25). The Morgan fingerprint density at radius 3 is 2.30 bits per heavy atom. The molecule has 2 amide bonds. The number of hydrogen-bond donors (Lipinski definition) is 2. The predicted octanol–water partition coefficient (Wildman–Crippen LogP) is 2.90. The third-order valence-corrected chi connectivity index (χ3v) is 3.62. The van der Waals surface area contributed by atoms with E-state index in [0.29, 0.717) is 5.69 Å². The van der Waals surface area contributed by atoms with Crippen LogP contribution in [0.5, 0.6) is 0 Å². The molecule has 2 N–H and O–H groups in total. The van der Waals surface area contributed by atoms with Gasteiger partial charge in [-0.2, -0.15) is 0 Å². The number of rotatable bonds is 7. The van der Waals surface area contributed by atoms with E-state index in [1.807, 2.05) is 0 Å². The normalized spacial score (nSPS) is 10.5. The molecule has 0 aliphatic rings. The Hall–Kier alpha value is -3.04. The summed E-state index contributed by atoms with van der Waals surface area (Å²) in [6, 6.07) is 9.15. The molecule has 8 nitrogen and oxygen atoms in total. The molecule has 0 spiro atoms. The van der Waals surface area contributed by atoms with Crippen LogP contribution in [0.2, 0.25) is 5.02 Å². The van der Waals surface area contributed by atoms with E-state index in [9.17, 15) is 24.1 Å². The fourth-order valence-electron chi connectivity index (χ4n) is 2.23. The first-order chi connectivity index (χ1) is 12.7. The highest BCUT2D eigenvalue weighted by molar-refractivity contribution is 6.31. The van der Waals surface area contributed by atoms with Gasteiger partial charge in [-0.15, -0.1) is 0 Å². The molecule has 0 bridgehead atoms. The van der Waals surface area contributed by atoms with Crippen LogP contribution in [-0.2, 0) is 9.59 Å². The maximum absolute atomic E-state index is 12.8. The summed E-state index contributed by atoms with van der Waals surface area (Å²) in [6.45, 7) is -0.274. The fraction of sp³-hybridized carbons (Fsp3) is 0.176. The molecule has 2 rings (SSSR count). The largest absolute Gasteiger partial charge is 0.325 e.